The van der Waals surface area contributed by atoms with Gasteiger partial charge >= 0.3 is 0 Å². The third kappa shape index (κ3) is 2.95. The molecule has 1 amide bonds. The molecule has 1 aromatic carbocycles. The number of hydrogen-bond acceptors (Lipinski definition) is 4. The van der Waals surface area contributed by atoms with Gasteiger partial charge in [0.25, 0.3) is 5.91 Å². The minimum absolute atomic E-state index is 0.0894. The van der Waals surface area contributed by atoms with Crippen molar-refractivity contribution in [2.45, 2.75) is 19.4 Å². The first-order chi connectivity index (χ1) is 10.3. The van der Waals surface area contributed by atoms with E-state index >= 15 is 0 Å². The molecular weight excluding hydrogens is 268 g/mol. The maximum Gasteiger partial charge on any atom is 0.293 e. The summed E-state index contributed by atoms with van der Waals surface area (Å²) in [5.74, 6) is 0.821. The van der Waals surface area contributed by atoms with Gasteiger partial charge in [-0.2, -0.15) is 0 Å². The molecule has 0 bridgehead atoms. The van der Waals surface area contributed by atoms with E-state index in [1.165, 1.54) is 0 Å². The van der Waals surface area contributed by atoms with E-state index in [1.807, 2.05) is 37.3 Å². The Morgan fingerprint density at radius 1 is 1.43 bits per heavy atom. The minimum Gasteiger partial charge on any atom is -0.370 e. The van der Waals surface area contributed by atoms with Crippen molar-refractivity contribution in [1.82, 2.24) is 20.1 Å². The minimum atomic E-state index is -0.143. The van der Waals surface area contributed by atoms with Crippen LogP contribution in [0.2, 0.25) is 0 Å². The molecule has 0 spiro atoms. The van der Waals surface area contributed by atoms with E-state index in [4.69, 9.17) is 4.74 Å². The fourth-order valence-corrected chi connectivity index (χ4v) is 2.39. The number of nitrogens with one attached hydrogen (secondary N) is 1. The highest BCUT2D eigenvalue weighted by Gasteiger charge is 2.28. The highest BCUT2D eigenvalue weighted by Crippen LogP contribution is 2.22. The van der Waals surface area contributed by atoms with Gasteiger partial charge in [-0.15, -0.1) is 5.10 Å². The molecule has 0 saturated carbocycles. The fraction of sp³-hybridized carbons (Fsp3) is 0.400. The predicted octanol–water partition coefficient (Wildman–Crippen LogP) is 1.58. The Hall–Kier alpha value is -2.21. The summed E-state index contributed by atoms with van der Waals surface area (Å²) in [4.78, 5) is 18.4. The number of H-pyrrole nitrogens is 1. The van der Waals surface area contributed by atoms with Crippen molar-refractivity contribution in [1.29, 1.82) is 0 Å². The molecule has 1 saturated heterocycles. The van der Waals surface area contributed by atoms with Crippen LogP contribution in [0.4, 0.5) is 0 Å². The summed E-state index contributed by atoms with van der Waals surface area (Å²) in [6, 6.07) is 9.95. The van der Waals surface area contributed by atoms with Crippen LogP contribution in [0.25, 0.3) is 0 Å². The van der Waals surface area contributed by atoms with Gasteiger partial charge in [0.15, 0.2) is 0 Å². The summed E-state index contributed by atoms with van der Waals surface area (Å²) in [5, 5.41) is 6.77. The number of benzene rings is 1. The van der Waals surface area contributed by atoms with E-state index in [0.29, 0.717) is 19.7 Å². The predicted molar refractivity (Wildman–Crippen MR) is 76.8 cm³/mol. The number of aromatic amines is 1. The lowest BCUT2D eigenvalue weighted by molar-refractivity contribution is -0.0232. The maximum absolute atomic E-state index is 12.4. The molecule has 1 N–H and O–H groups in total. The standard InChI is InChI=1S/C15H18N4O2/c1-2-13-16-14(18-17-13)15(20)19-8-9-21-12(10-19)11-6-4-3-5-7-11/h3-7,12H,2,8-10H2,1H3,(H,16,17,18). The largest absolute Gasteiger partial charge is 0.370 e. The van der Waals surface area contributed by atoms with E-state index in [-0.39, 0.29) is 17.8 Å². The first-order valence-corrected chi connectivity index (χ1v) is 7.15. The van der Waals surface area contributed by atoms with E-state index in [1.54, 1.807) is 4.90 Å². The summed E-state index contributed by atoms with van der Waals surface area (Å²) in [7, 11) is 0. The molecule has 1 aromatic heterocycles. The molecule has 1 aliphatic heterocycles. The Morgan fingerprint density at radius 3 is 2.95 bits per heavy atom. The van der Waals surface area contributed by atoms with E-state index in [9.17, 15) is 4.79 Å². The van der Waals surface area contributed by atoms with Crippen LogP contribution in [0.5, 0.6) is 0 Å². The van der Waals surface area contributed by atoms with Crippen molar-refractivity contribution in [2.24, 2.45) is 0 Å². The summed E-state index contributed by atoms with van der Waals surface area (Å²) < 4.78 is 5.76. The molecule has 0 radical (unpaired) electrons. The zero-order valence-electron chi connectivity index (χ0n) is 12.0. The summed E-state index contributed by atoms with van der Waals surface area (Å²) in [5.41, 5.74) is 1.08. The Labute approximate surface area is 123 Å². The maximum atomic E-state index is 12.4. The lowest BCUT2D eigenvalue weighted by Crippen LogP contribution is -2.42. The number of morpholine rings is 1. The average Bonchev–Trinajstić information content (AvgIpc) is 3.04. The van der Waals surface area contributed by atoms with Crippen molar-refractivity contribution in [3.8, 4) is 0 Å². The van der Waals surface area contributed by atoms with E-state index in [0.717, 1.165) is 17.8 Å². The van der Waals surface area contributed by atoms with Crippen molar-refractivity contribution in [3.05, 3.63) is 47.5 Å². The Balaban J connectivity index is 1.72. The van der Waals surface area contributed by atoms with Crippen LogP contribution < -0.4 is 0 Å². The molecule has 110 valence electrons. The topological polar surface area (TPSA) is 71.1 Å². The van der Waals surface area contributed by atoms with E-state index in [2.05, 4.69) is 15.2 Å². The van der Waals surface area contributed by atoms with Crippen LogP contribution in [0.15, 0.2) is 30.3 Å². The molecule has 1 aliphatic rings. The molecule has 3 rings (SSSR count). The zero-order chi connectivity index (χ0) is 14.7. The van der Waals surface area contributed by atoms with Gasteiger partial charge in [0.2, 0.25) is 5.82 Å². The van der Waals surface area contributed by atoms with Crippen molar-refractivity contribution < 1.29 is 9.53 Å². The third-order valence-corrected chi connectivity index (χ3v) is 3.58. The monoisotopic (exact) mass is 286 g/mol. The number of carbonyl (C=O) groups is 1. The number of amides is 1. The zero-order valence-corrected chi connectivity index (χ0v) is 12.0. The van der Waals surface area contributed by atoms with Gasteiger partial charge in [0.05, 0.1) is 13.2 Å². The second-order valence-corrected chi connectivity index (χ2v) is 4.98. The second kappa shape index (κ2) is 6.05. The Kier molecular flexibility index (Phi) is 3.96. The first-order valence-electron chi connectivity index (χ1n) is 7.15. The van der Waals surface area contributed by atoms with Gasteiger partial charge in [0, 0.05) is 13.0 Å². The second-order valence-electron chi connectivity index (χ2n) is 4.98. The number of carbonyl (C=O) groups excluding carboxylic acids is 1. The first kappa shape index (κ1) is 13.8. The molecule has 1 unspecified atom stereocenters. The molecule has 1 atom stereocenters. The van der Waals surface area contributed by atoms with Crippen LogP contribution in [-0.2, 0) is 11.2 Å². The molecule has 21 heavy (non-hydrogen) atoms. The normalized spacial score (nSPS) is 18.7. The van der Waals surface area contributed by atoms with Gasteiger partial charge in [-0.25, -0.2) is 4.98 Å². The highest BCUT2D eigenvalue weighted by molar-refractivity contribution is 5.90. The Morgan fingerprint density at radius 2 is 2.24 bits per heavy atom. The lowest BCUT2D eigenvalue weighted by atomic mass is 10.1. The van der Waals surface area contributed by atoms with Crippen LogP contribution >= 0.6 is 0 Å². The molecule has 1 fully saturated rings. The van der Waals surface area contributed by atoms with Gasteiger partial charge < -0.3 is 9.64 Å². The smallest absolute Gasteiger partial charge is 0.293 e. The quantitative estimate of drug-likeness (QED) is 0.930. The Bertz CT molecular complexity index is 611. The highest BCUT2D eigenvalue weighted by atomic mass is 16.5. The van der Waals surface area contributed by atoms with Crippen LogP contribution in [0, 0.1) is 0 Å². The molecule has 2 aromatic rings. The third-order valence-electron chi connectivity index (χ3n) is 3.58. The molecule has 2 heterocycles. The number of rotatable bonds is 3. The van der Waals surface area contributed by atoms with Crippen molar-refractivity contribution >= 4 is 5.91 Å². The number of hydrogen-bond donors (Lipinski definition) is 1. The molecular formula is C15H18N4O2. The van der Waals surface area contributed by atoms with Crippen LogP contribution in [-0.4, -0.2) is 45.7 Å². The van der Waals surface area contributed by atoms with Crippen LogP contribution in [0.1, 0.15) is 35.0 Å². The molecule has 6 heteroatoms. The lowest BCUT2D eigenvalue weighted by Gasteiger charge is -2.32. The van der Waals surface area contributed by atoms with Gasteiger partial charge in [0.1, 0.15) is 11.9 Å². The number of aromatic nitrogens is 3. The van der Waals surface area contributed by atoms with Gasteiger partial charge in [-0.3, -0.25) is 9.89 Å². The number of ether oxygens (including phenoxy) is 1. The number of nitrogens with zero attached hydrogens (tertiary/aromatic N) is 3. The van der Waals surface area contributed by atoms with Gasteiger partial charge in [-0.1, -0.05) is 37.3 Å². The SMILES string of the molecule is CCc1nc(C(=O)N2CCOC(c3ccccc3)C2)n[nH]1. The molecule has 0 aliphatic carbocycles. The number of aryl methyl sites for hydroxylation is 1. The summed E-state index contributed by atoms with van der Waals surface area (Å²) in [6.45, 7) is 3.59. The summed E-state index contributed by atoms with van der Waals surface area (Å²) in [6.07, 6.45) is 0.643. The average molecular weight is 286 g/mol. The van der Waals surface area contributed by atoms with Crippen molar-refractivity contribution in [2.75, 3.05) is 19.7 Å². The van der Waals surface area contributed by atoms with E-state index < -0.39 is 0 Å². The summed E-state index contributed by atoms with van der Waals surface area (Å²) >= 11 is 0. The van der Waals surface area contributed by atoms with Gasteiger partial charge in [-0.05, 0) is 5.56 Å². The molecule has 6 nitrogen and oxygen atoms in total. The fourth-order valence-electron chi connectivity index (χ4n) is 2.39. The van der Waals surface area contributed by atoms with Crippen molar-refractivity contribution in [3.63, 3.8) is 0 Å². The van der Waals surface area contributed by atoms with Crippen LogP contribution in [0.3, 0.4) is 0 Å².